The monoisotopic (exact) mass is 428 g/mol. The lowest BCUT2D eigenvalue weighted by Gasteiger charge is -2.28. The molecular formula is C24H32N2O3S. The molecule has 162 valence electrons. The number of hydrogen-bond acceptors (Lipinski definition) is 4. The summed E-state index contributed by atoms with van der Waals surface area (Å²) in [5.74, 6) is 1.72. The van der Waals surface area contributed by atoms with Crippen molar-refractivity contribution in [2.75, 3.05) is 19.4 Å². The topological polar surface area (TPSA) is 58.6 Å². The number of carbonyl (C=O) groups is 2. The minimum Gasteiger partial charge on any atom is -0.497 e. The molecule has 2 aromatic carbocycles. The van der Waals surface area contributed by atoms with Crippen LogP contribution >= 0.6 is 11.8 Å². The third-order valence-corrected chi connectivity index (χ3v) is 5.83. The molecular weight excluding hydrogens is 396 g/mol. The van der Waals surface area contributed by atoms with Crippen molar-refractivity contribution >= 4 is 23.6 Å². The van der Waals surface area contributed by atoms with Crippen LogP contribution in [-0.4, -0.2) is 42.2 Å². The van der Waals surface area contributed by atoms with Crippen LogP contribution < -0.4 is 10.1 Å². The number of amides is 2. The number of nitrogens with zero attached hydrogens (tertiary/aromatic N) is 1. The van der Waals surface area contributed by atoms with E-state index in [1.807, 2.05) is 62.4 Å². The van der Waals surface area contributed by atoms with Gasteiger partial charge in [0.05, 0.1) is 12.9 Å². The zero-order valence-electron chi connectivity index (χ0n) is 18.3. The van der Waals surface area contributed by atoms with Crippen molar-refractivity contribution in [1.29, 1.82) is 0 Å². The average molecular weight is 429 g/mol. The van der Waals surface area contributed by atoms with Crippen molar-refractivity contribution in [2.45, 2.75) is 45.5 Å². The number of nitrogens with one attached hydrogen (secondary N) is 1. The molecule has 0 saturated carbocycles. The fourth-order valence-corrected chi connectivity index (χ4v) is 3.80. The van der Waals surface area contributed by atoms with Crippen molar-refractivity contribution in [3.8, 4) is 5.75 Å². The predicted octanol–water partition coefficient (Wildman–Crippen LogP) is 4.18. The summed E-state index contributed by atoms with van der Waals surface area (Å²) in [6.07, 6.45) is 0.863. The highest BCUT2D eigenvalue weighted by Crippen LogP contribution is 2.18. The molecule has 0 saturated heterocycles. The SMILES string of the molecule is CCCNC(=O)C(C)N(Cc1ccc(C)cc1)C(=O)CSCc1ccc(OC)cc1. The normalized spacial score (nSPS) is 11.6. The predicted molar refractivity (Wildman–Crippen MR) is 124 cm³/mol. The summed E-state index contributed by atoms with van der Waals surface area (Å²) in [7, 11) is 1.64. The van der Waals surface area contributed by atoms with Crippen LogP contribution in [0.3, 0.4) is 0 Å². The number of benzene rings is 2. The van der Waals surface area contributed by atoms with Crippen molar-refractivity contribution in [2.24, 2.45) is 0 Å². The molecule has 2 rings (SSSR count). The van der Waals surface area contributed by atoms with Crippen molar-refractivity contribution in [3.63, 3.8) is 0 Å². The van der Waals surface area contributed by atoms with E-state index in [0.29, 0.717) is 18.8 Å². The molecule has 0 spiro atoms. The van der Waals surface area contributed by atoms with Gasteiger partial charge in [-0.05, 0) is 43.5 Å². The molecule has 1 atom stereocenters. The highest BCUT2D eigenvalue weighted by atomic mass is 32.2. The van der Waals surface area contributed by atoms with Crippen molar-refractivity contribution in [3.05, 3.63) is 65.2 Å². The number of hydrogen-bond donors (Lipinski definition) is 1. The van der Waals surface area contributed by atoms with Gasteiger partial charge in [-0.3, -0.25) is 9.59 Å². The van der Waals surface area contributed by atoms with E-state index in [2.05, 4.69) is 5.32 Å². The molecule has 0 bridgehead atoms. The Kier molecular flexibility index (Phi) is 9.74. The van der Waals surface area contributed by atoms with Gasteiger partial charge in [0.25, 0.3) is 0 Å². The molecule has 0 aliphatic carbocycles. The minimum absolute atomic E-state index is 0.0340. The highest BCUT2D eigenvalue weighted by molar-refractivity contribution is 7.99. The summed E-state index contributed by atoms with van der Waals surface area (Å²) in [5.41, 5.74) is 3.32. The molecule has 5 nitrogen and oxygen atoms in total. The summed E-state index contributed by atoms with van der Waals surface area (Å²) >= 11 is 1.55. The van der Waals surface area contributed by atoms with E-state index < -0.39 is 6.04 Å². The first-order chi connectivity index (χ1) is 14.4. The van der Waals surface area contributed by atoms with Crippen LogP contribution in [0, 0.1) is 6.92 Å². The standard InChI is InChI=1S/C24H32N2O3S/c1-5-14-25-24(28)19(3)26(15-20-8-6-18(2)7-9-20)23(27)17-30-16-21-10-12-22(29-4)13-11-21/h6-13,19H,5,14-17H2,1-4H3,(H,25,28). The van der Waals surface area contributed by atoms with Crippen LogP contribution in [0.15, 0.2) is 48.5 Å². The number of aryl methyl sites for hydroxylation is 1. The lowest BCUT2D eigenvalue weighted by molar-refractivity contribution is -0.138. The summed E-state index contributed by atoms with van der Waals surface area (Å²) in [6.45, 7) is 6.87. The Morgan fingerprint density at radius 1 is 1.07 bits per heavy atom. The quantitative estimate of drug-likeness (QED) is 0.583. The Hall–Kier alpha value is -2.47. The molecule has 1 N–H and O–H groups in total. The van der Waals surface area contributed by atoms with E-state index in [4.69, 9.17) is 4.74 Å². The van der Waals surface area contributed by atoms with Crippen LogP contribution in [0.25, 0.3) is 0 Å². The number of thioether (sulfide) groups is 1. The second kappa shape index (κ2) is 12.3. The molecule has 2 amide bonds. The fraction of sp³-hybridized carbons (Fsp3) is 0.417. The van der Waals surface area contributed by atoms with Gasteiger partial charge in [-0.1, -0.05) is 48.9 Å². The molecule has 1 unspecified atom stereocenters. The van der Waals surface area contributed by atoms with E-state index in [1.54, 1.807) is 30.7 Å². The second-order valence-corrected chi connectivity index (χ2v) is 8.30. The van der Waals surface area contributed by atoms with E-state index in [-0.39, 0.29) is 11.8 Å². The number of carbonyl (C=O) groups excluding carboxylic acids is 2. The largest absolute Gasteiger partial charge is 0.497 e. The van der Waals surface area contributed by atoms with Gasteiger partial charge < -0.3 is 15.0 Å². The molecule has 0 fully saturated rings. The maximum absolute atomic E-state index is 13.0. The van der Waals surface area contributed by atoms with Crippen molar-refractivity contribution < 1.29 is 14.3 Å². The van der Waals surface area contributed by atoms with E-state index in [0.717, 1.165) is 29.1 Å². The maximum atomic E-state index is 13.0. The third-order valence-electron chi connectivity index (χ3n) is 4.84. The summed E-state index contributed by atoms with van der Waals surface area (Å²) in [6, 6.07) is 15.4. The van der Waals surface area contributed by atoms with Crippen molar-refractivity contribution in [1.82, 2.24) is 10.2 Å². The first-order valence-electron chi connectivity index (χ1n) is 10.3. The van der Waals surface area contributed by atoms with Gasteiger partial charge in [0.1, 0.15) is 11.8 Å². The Balaban J connectivity index is 2.02. The molecule has 0 aromatic heterocycles. The van der Waals surface area contributed by atoms with E-state index in [9.17, 15) is 9.59 Å². The number of rotatable bonds is 11. The maximum Gasteiger partial charge on any atom is 0.242 e. The Labute approximate surface area is 184 Å². The molecule has 2 aromatic rings. The molecule has 6 heteroatoms. The van der Waals surface area contributed by atoms with Crippen LogP contribution in [0.1, 0.15) is 37.0 Å². The Bertz CT molecular complexity index is 806. The van der Waals surface area contributed by atoms with Gasteiger partial charge in [0.15, 0.2) is 0 Å². The summed E-state index contributed by atoms with van der Waals surface area (Å²) in [4.78, 5) is 27.2. The van der Waals surface area contributed by atoms with Gasteiger partial charge in [0, 0.05) is 18.8 Å². The van der Waals surface area contributed by atoms with Crippen LogP contribution in [0.2, 0.25) is 0 Å². The third kappa shape index (κ3) is 7.41. The van der Waals surface area contributed by atoms with Crippen LogP contribution in [0.4, 0.5) is 0 Å². The Morgan fingerprint density at radius 3 is 2.30 bits per heavy atom. The fourth-order valence-electron chi connectivity index (χ4n) is 2.93. The number of ether oxygens (including phenoxy) is 1. The zero-order valence-corrected chi connectivity index (χ0v) is 19.1. The van der Waals surface area contributed by atoms with E-state index in [1.165, 1.54) is 5.56 Å². The van der Waals surface area contributed by atoms with Gasteiger partial charge >= 0.3 is 0 Å². The second-order valence-electron chi connectivity index (χ2n) is 7.32. The van der Waals surface area contributed by atoms with Gasteiger partial charge in [-0.15, -0.1) is 11.8 Å². The number of methoxy groups -OCH3 is 1. The molecule has 0 heterocycles. The molecule has 0 aliphatic heterocycles. The van der Waals surface area contributed by atoms with E-state index >= 15 is 0 Å². The van der Waals surface area contributed by atoms with Gasteiger partial charge in [-0.25, -0.2) is 0 Å². The first kappa shape index (κ1) is 23.8. The molecule has 30 heavy (non-hydrogen) atoms. The highest BCUT2D eigenvalue weighted by Gasteiger charge is 2.25. The zero-order chi connectivity index (χ0) is 21.9. The Morgan fingerprint density at radius 2 is 1.70 bits per heavy atom. The van der Waals surface area contributed by atoms with Gasteiger partial charge in [-0.2, -0.15) is 0 Å². The van der Waals surface area contributed by atoms with Crippen LogP contribution in [-0.2, 0) is 21.9 Å². The molecule has 0 radical (unpaired) electrons. The lowest BCUT2D eigenvalue weighted by atomic mass is 10.1. The summed E-state index contributed by atoms with van der Waals surface area (Å²) in [5, 5.41) is 2.90. The van der Waals surface area contributed by atoms with Gasteiger partial charge in [0.2, 0.25) is 11.8 Å². The average Bonchev–Trinajstić information content (AvgIpc) is 2.76. The minimum atomic E-state index is -0.521. The summed E-state index contributed by atoms with van der Waals surface area (Å²) < 4.78 is 5.18. The first-order valence-corrected chi connectivity index (χ1v) is 11.4. The smallest absolute Gasteiger partial charge is 0.242 e. The van der Waals surface area contributed by atoms with Crippen LogP contribution in [0.5, 0.6) is 5.75 Å². The lowest BCUT2D eigenvalue weighted by Crippen LogP contribution is -2.48. The molecule has 0 aliphatic rings.